The van der Waals surface area contributed by atoms with Crippen LogP contribution in [-0.2, 0) is 6.54 Å². The molecule has 1 aromatic carbocycles. The van der Waals surface area contributed by atoms with Crippen molar-refractivity contribution in [1.82, 2.24) is 24.1 Å². The number of hydrogen-bond acceptors (Lipinski definition) is 4. The van der Waals surface area contributed by atoms with Gasteiger partial charge in [-0.1, -0.05) is 0 Å². The van der Waals surface area contributed by atoms with Crippen LogP contribution >= 0.6 is 12.2 Å². The molecule has 138 valence electrons. The van der Waals surface area contributed by atoms with Crippen molar-refractivity contribution >= 4 is 28.9 Å². The van der Waals surface area contributed by atoms with Gasteiger partial charge in [0, 0.05) is 39.0 Å². The van der Waals surface area contributed by atoms with Crippen molar-refractivity contribution < 1.29 is 13.2 Å². The number of alkyl halides is 2. The van der Waals surface area contributed by atoms with E-state index in [1.54, 1.807) is 4.40 Å². The van der Waals surface area contributed by atoms with Crippen molar-refractivity contribution in [2.45, 2.75) is 25.3 Å². The van der Waals surface area contributed by atoms with Gasteiger partial charge in [-0.25, -0.2) is 18.3 Å². The lowest BCUT2D eigenvalue weighted by Gasteiger charge is -2.31. The van der Waals surface area contributed by atoms with Gasteiger partial charge in [0.25, 0.3) is 11.5 Å². The van der Waals surface area contributed by atoms with Crippen molar-refractivity contribution in [3.63, 3.8) is 0 Å². The summed E-state index contributed by atoms with van der Waals surface area (Å²) in [6.45, 7) is 1.21. The number of rotatable bonds is 3. The van der Waals surface area contributed by atoms with Crippen LogP contribution in [0.4, 0.5) is 13.2 Å². The molecule has 10 heteroatoms. The van der Waals surface area contributed by atoms with Crippen molar-refractivity contribution in [3.05, 3.63) is 39.1 Å². The summed E-state index contributed by atoms with van der Waals surface area (Å²) in [6, 6.07) is 3.92. The molecule has 0 unspecified atom stereocenters. The van der Waals surface area contributed by atoms with E-state index in [1.807, 2.05) is 4.90 Å². The Balaban J connectivity index is 1.73. The Morgan fingerprint density at radius 3 is 2.69 bits per heavy atom. The van der Waals surface area contributed by atoms with Gasteiger partial charge in [-0.05, 0) is 30.4 Å². The van der Waals surface area contributed by atoms with Crippen LogP contribution in [-0.4, -0.2) is 49.6 Å². The molecule has 0 radical (unpaired) electrons. The van der Waals surface area contributed by atoms with Gasteiger partial charge in [0.1, 0.15) is 5.82 Å². The van der Waals surface area contributed by atoms with Crippen LogP contribution in [0.15, 0.2) is 23.0 Å². The second-order valence-corrected chi connectivity index (χ2v) is 6.87. The van der Waals surface area contributed by atoms with E-state index in [2.05, 4.69) is 10.2 Å². The number of nitrogens with one attached hydrogen (secondary N) is 1. The van der Waals surface area contributed by atoms with Crippen LogP contribution in [0, 0.1) is 10.6 Å². The van der Waals surface area contributed by atoms with E-state index >= 15 is 0 Å². The quantitative estimate of drug-likeness (QED) is 0.707. The highest BCUT2D eigenvalue weighted by molar-refractivity contribution is 7.71. The summed E-state index contributed by atoms with van der Waals surface area (Å²) in [5, 5.41) is 6.96. The van der Waals surface area contributed by atoms with E-state index in [0.29, 0.717) is 22.6 Å². The Bertz CT molecular complexity index is 1090. The molecule has 1 N–H and O–H groups in total. The van der Waals surface area contributed by atoms with Gasteiger partial charge in [-0.3, -0.25) is 13.8 Å². The van der Waals surface area contributed by atoms with Gasteiger partial charge in [0.15, 0.2) is 0 Å². The van der Waals surface area contributed by atoms with Crippen molar-refractivity contribution in [1.29, 1.82) is 0 Å². The lowest BCUT2D eigenvalue weighted by Crippen LogP contribution is -2.41. The molecule has 0 aliphatic carbocycles. The monoisotopic (exact) mass is 383 g/mol. The van der Waals surface area contributed by atoms with Crippen molar-refractivity contribution in [3.8, 4) is 0 Å². The van der Waals surface area contributed by atoms with Crippen LogP contribution in [0.25, 0.3) is 16.7 Å². The Morgan fingerprint density at radius 2 is 1.96 bits per heavy atom. The average Bonchev–Trinajstić information content (AvgIpc) is 2.98. The van der Waals surface area contributed by atoms with E-state index in [-0.39, 0.29) is 43.4 Å². The fourth-order valence-corrected chi connectivity index (χ4v) is 3.57. The zero-order valence-electron chi connectivity index (χ0n) is 13.7. The number of halogens is 3. The van der Waals surface area contributed by atoms with Gasteiger partial charge in [0.2, 0.25) is 10.5 Å². The third-order valence-electron chi connectivity index (χ3n) is 4.80. The van der Waals surface area contributed by atoms with Crippen LogP contribution in [0.3, 0.4) is 0 Å². The van der Waals surface area contributed by atoms with Crippen LogP contribution in [0.1, 0.15) is 12.8 Å². The smallest absolute Gasteiger partial charge is 0.262 e. The highest BCUT2D eigenvalue weighted by Gasteiger charge is 2.33. The molecule has 1 aliphatic heterocycles. The summed E-state index contributed by atoms with van der Waals surface area (Å²) in [5.74, 6) is -2.81. The topological polar surface area (TPSA) is 58.3 Å². The maximum atomic E-state index is 13.6. The minimum Gasteiger partial charge on any atom is -0.301 e. The van der Waals surface area contributed by atoms with E-state index in [4.69, 9.17) is 12.2 Å². The summed E-state index contributed by atoms with van der Waals surface area (Å²) in [5.41, 5.74) is 0.0855. The van der Waals surface area contributed by atoms with Gasteiger partial charge in [-0.2, -0.15) is 0 Å². The maximum absolute atomic E-state index is 13.6. The molecule has 1 saturated heterocycles. The molecular weight excluding hydrogens is 367 g/mol. The maximum Gasteiger partial charge on any atom is 0.262 e. The number of hydrogen-bond donors (Lipinski definition) is 1. The number of aromatic nitrogens is 4. The molecule has 0 bridgehead atoms. The van der Waals surface area contributed by atoms with E-state index in [1.165, 1.54) is 22.8 Å². The van der Waals surface area contributed by atoms with Gasteiger partial charge < -0.3 is 4.90 Å². The molecule has 3 heterocycles. The summed E-state index contributed by atoms with van der Waals surface area (Å²) < 4.78 is 43.5. The fourth-order valence-electron chi connectivity index (χ4n) is 3.34. The number of aromatic amines is 1. The Labute approximate surface area is 150 Å². The predicted molar refractivity (Wildman–Crippen MR) is 92.7 cm³/mol. The molecule has 0 amide bonds. The first-order valence-electron chi connectivity index (χ1n) is 8.25. The van der Waals surface area contributed by atoms with E-state index in [0.717, 1.165) is 0 Å². The minimum atomic E-state index is -2.61. The number of likely N-dealkylation sites (tertiary alicyclic amines) is 1. The van der Waals surface area contributed by atoms with Crippen LogP contribution in [0.5, 0.6) is 0 Å². The SMILES string of the molecule is O=c1c2cc(F)ccc2n2c(=S)[nH]nc2n1CCN1CCC(F)(F)CC1. The van der Waals surface area contributed by atoms with E-state index < -0.39 is 11.7 Å². The molecule has 1 aliphatic rings. The van der Waals surface area contributed by atoms with Crippen molar-refractivity contribution in [2.75, 3.05) is 19.6 Å². The molecule has 26 heavy (non-hydrogen) atoms. The molecule has 1 fully saturated rings. The first-order chi connectivity index (χ1) is 12.4. The van der Waals surface area contributed by atoms with E-state index in [9.17, 15) is 18.0 Å². The first-order valence-corrected chi connectivity index (χ1v) is 8.66. The second-order valence-electron chi connectivity index (χ2n) is 6.48. The number of nitrogens with zero attached hydrogens (tertiary/aromatic N) is 4. The molecule has 0 atom stereocenters. The summed E-state index contributed by atoms with van der Waals surface area (Å²) >= 11 is 5.23. The van der Waals surface area contributed by atoms with Gasteiger partial charge >= 0.3 is 0 Å². The molecule has 3 aromatic rings. The first kappa shape index (κ1) is 17.2. The molecule has 0 saturated carbocycles. The molecular formula is C16H16F3N5OS. The summed E-state index contributed by atoms with van der Waals surface area (Å²) in [7, 11) is 0. The fraction of sp³-hybridized carbons (Fsp3) is 0.438. The van der Waals surface area contributed by atoms with Crippen LogP contribution < -0.4 is 5.56 Å². The highest BCUT2D eigenvalue weighted by atomic mass is 32.1. The zero-order chi connectivity index (χ0) is 18.5. The summed E-state index contributed by atoms with van der Waals surface area (Å²) in [6.07, 6.45) is -0.374. The number of benzene rings is 1. The molecule has 6 nitrogen and oxygen atoms in total. The minimum absolute atomic E-state index is 0.187. The third-order valence-corrected chi connectivity index (χ3v) is 5.07. The summed E-state index contributed by atoms with van der Waals surface area (Å²) in [4.78, 5) is 14.7. The van der Waals surface area contributed by atoms with Crippen molar-refractivity contribution in [2.24, 2.45) is 0 Å². The molecule has 2 aromatic heterocycles. The second kappa shape index (κ2) is 6.20. The van der Waals surface area contributed by atoms with Gasteiger partial charge in [-0.15, -0.1) is 5.10 Å². The average molecular weight is 383 g/mol. The Morgan fingerprint density at radius 1 is 1.23 bits per heavy atom. The highest BCUT2D eigenvalue weighted by Crippen LogP contribution is 2.27. The third kappa shape index (κ3) is 2.92. The lowest BCUT2D eigenvalue weighted by molar-refractivity contribution is -0.0554. The standard InChI is InChI=1S/C16H16F3N5OS/c17-10-1-2-12-11(9-10)13(25)23(14-20-21-15(26)24(12)14)8-7-22-5-3-16(18,19)4-6-22/h1-2,9H,3-8H2,(H,21,26). The largest absolute Gasteiger partial charge is 0.301 e. The number of piperidine rings is 1. The molecule has 0 spiro atoms. The predicted octanol–water partition coefficient (Wildman–Crippen LogP) is 2.58. The Kier molecular flexibility index (Phi) is 4.11. The normalized spacial score (nSPS) is 18.0. The number of fused-ring (bicyclic) bond motifs is 3. The Hall–Kier alpha value is -2.20. The zero-order valence-corrected chi connectivity index (χ0v) is 14.5. The van der Waals surface area contributed by atoms with Crippen LogP contribution in [0.2, 0.25) is 0 Å². The lowest BCUT2D eigenvalue weighted by atomic mass is 10.1. The van der Waals surface area contributed by atoms with Gasteiger partial charge in [0.05, 0.1) is 10.9 Å². The number of H-pyrrole nitrogens is 1. The molecule has 4 rings (SSSR count).